The molecule has 0 unspecified atom stereocenters. The van der Waals surface area contributed by atoms with Crippen molar-refractivity contribution in [1.29, 1.82) is 0 Å². The van der Waals surface area contributed by atoms with E-state index in [1.54, 1.807) is 0 Å². The van der Waals surface area contributed by atoms with E-state index in [0.717, 1.165) is 0 Å². The lowest BCUT2D eigenvalue weighted by molar-refractivity contribution is 0.662. The Labute approximate surface area is 393 Å². The molecule has 0 radical (unpaired) electrons. The molecular weight excluding hydrogens is 703 g/mol. The Hall–Kier alpha value is -7.42. The van der Waals surface area contributed by atoms with Crippen LogP contribution >= 0.6 is 0 Å². The second-order valence-electron chi connectivity index (χ2n) is 12.3. The molecule has 0 fully saturated rings. The Morgan fingerprint density at radius 2 is 0.948 bits per heavy atom. The maximum absolute atomic E-state index is 9.88. The summed E-state index contributed by atoms with van der Waals surface area (Å²) in [6.07, 6.45) is 0. The van der Waals surface area contributed by atoms with Crippen LogP contribution in [0.2, 0.25) is 0 Å². The average Bonchev–Trinajstić information content (AvgIpc) is 1.33. The average molecular weight is 781 g/mol. The zero-order valence-corrected chi connectivity index (χ0v) is 28.9. The van der Waals surface area contributed by atoms with Gasteiger partial charge >= 0.3 is 0 Å². The summed E-state index contributed by atoms with van der Waals surface area (Å²) in [6, 6.07) is -42.2. The van der Waals surface area contributed by atoms with Crippen LogP contribution in [-0.4, -0.2) is 0 Å². The van der Waals surface area contributed by atoms with Crippen molar-refractivity contribution < 1.29 is 57.9 Å². The Bertz CT molecular complexity index is 5170. The van der Waals surface area contributed by atoms with Gasteiger partial charge in [-0.2, -0.15) is 0 Å². The van der Waals surface area contributed by atoms with E-state index in [-0.39, 0.29) is 4.90 Å². The fourth-order valence-electron chi connectivity index (χ4n) is 6.50. The first kappa shape index (κ1) is 12.5. The number of benzene rings is 9. The SMILES string of the molecule is [2H]c1c([2H])c([2H])c(-c2c([2H])c([2H])c(N(c3c([2H])c([2H])c(-c4c([2H])c([2H])c([2H])c5oc6c([2H])c(C7(C([2H])([2H])[2H])c8c([2H])c([2H])c([2H])c([2H])c8-c8c([2H])c([2H])c([2H])c([2H])c87)c([2H])c([2H])c6c45)c([2H])c3[2H])c3c([2H])c([2H])c([2H])c(-c4c([2H])c([2H])c([2H])c([2H])c4[2H])c3[2H])c([2H])c2[2H])c([2H])c1[2H]. The standard InChI is InChI=1S/C56H39NO/c1-56(51-23-10-8-20-48(51)49-21-9-11-24-52(49)56)43-30-35-50-54(37-43)58-53-25-13-22-47(55(50)53)41-28-33-45(34-29-41)57(44-31-26-40(27-32-44)38-14-4-2-5-15-38)46-19-12-18-42(36-46)39-16-6-3-7-17-39/h2-37H,1H3/i1D3,2D,3D,4D,5D,6D,7D,8D,9D,10D,11D,12D,13D,14D,15D,16D,17D,18D,19D,20D,21D,22D,23D,24D,25D,26D,27D,28D,29D,30D,31D,32D,33D,34D,35D,36D,37D. The van der Waals surface area contributed by atoms with E-state index in [1.807, 2.05) is 0 Å². The van der Waals surface area contributed by atoms with Crippen molar-refractivity contribution in [3.8, 4) is 44.5 Å². The van der Waals surface area contributed by atoms with E-state index in [1.165, 1.54) is 0 Å². The lowest BCUT2D eigenvalue weighted by Crippen LogP contribution is -2.22. The van der Waals surface area contributed by atoms with Crippen molar-refractivity contribution >= 4 is 39.0 Å². The summed E-state index contributed by atoms with van der Waals surface area (Å²) in [5.74, 6) is 0. The summed E-state index contributed by atoms with van der Waals surface area (Å²) in [5.41, 5.74) is -20.0. The fourth-order valence-corrected chi connectivity index (χ4v) is 6.50. The Balaban J connectivity index is 1.29. The normalized spacial score (nSPS) is 22.4. The van der Waals surface area contributed by atoms with Crippen molar-refractivity contribution in [1.82, 2.24) is 0 Å². The van der Waals surface area contributed by atoms with Gasteiger partial charge in [-0.3, -0.25) is 0 Å². The lowest BCUT2D eigenvalue weighted by atomic mass is 9.74. The molecular formula is C56H39NO. The second-order valence-corrected chi connectivity index (χ2v) is 12.3. The number of rotatable bonds is 7. The Morgan fingerprint density at radius 3 is 1.60 bits per heavy atom. The highest BCUT2D eigenvalue weighted by atomic mass is 16.3. The molecule has 1 aromatic heterocycles. The predicted molar refractivity (Wildman–Crippen MR) is 242 cm³/mol. The van der Waals surface area contributed by atoms with E-state index in [2.05, 4.69) is 0 Å². The lowest BCUT2D eigenvalue weighted by Gasteiger charge is -2.28. The van der Waals surface area contributed by atoms with Crippen LogP contribution in [-0.2, 0) is 5.41 Å². The third kappa shape index (κ3) is 5.49. The maximum atomic E-state index is 9.88. The first-order valence-corrected chi connectivity index (χ1v) is 16.8. The quantitative estimate of drug-likeness (QED) is 0.160. The number of fused-ring (bicyclic) bond motifs is 6. The van der Waals surface area contributed by atoms with Gasteiger partial charge in [0.2, 0.25) is 0 Å². The summed E-state index contributed by atoms with van der Waals surface area (Å²) in [4.78, 5) is 0.203. The van der Waals surface area contributed by atoms with Crippen LogP contribution in [0.1, 0.15) is 77.0 Å². The minimum Gasteiger partial charge on any atom is -0.456 e. The van der Waals surface area contributed by atoms with Gasteiger partial charge in [-0.25, -0.2) is 0 Å². The van der Waals surface area contributed by atoms with E-state index in [9.17, 15) is 26.0 Å². The number of hydrogen-bond acceptors (Lipinski definition) is 2. The van der Waals surface area contributed by atoms with E-state index in [4.69, 9.17) is 31.8 Å². The molecule has 1 aliphatic rings. The molecule has 10 aromatic rings. The highest BCUT2D eigenvalue weighted by Gasteiger charge is 2.40. The van der Waals surface area contributed by atoms with Gasteiger partial charge in [0.05, 0.1) is 49.3 Å². The second kappa shape index (κ2) is 13.7. The van der Waals surface area contributed by atoms with E-state index in [0.29, 0.717) is 0 Å². The maximum Gasteiger partial charge on any atom is 0.136 e. The molecule has 0 saturated heterocycles. The molecule has 0 N–H and O–H groups in total. The van der Waals surface area contributed by atoms with Crippen LogP contribution in [0, 0.1) is 0 Å². The smallest absolute Gasteiger partial charge is 0.136 e. The molecule has 1 heterocycles. The molecule has 1 aliphatic carbocycles. The Morgan fingerprint density at radius 1 is 0.414 bits per heavy atom. The summed E-state index contributed by atoms with van der Waals surface area (Å²) in [7, 11) is 0. The van der Waals surface area contributed by atoms with E-state index < -0.39 is 330 Å². The summed E-state index contributed by atoms with van der Waals surface area (Å²) >= 11 is 0. The first-order chi connectivity index (χ1) is 44.9. The molecule has 0 aliphatic heterocycles. The number of hydrogen-bond donors (Lipinski definition) is 0. The molecule has 9 aromatic carbocycles. The van der Waals surface area contributed by atoms with Gasteiger partial charge in [-0.05, 0) is 116 Å². The molecule has 2 heteroatoms. The molecule has 0 spiro atoms. The summed E-state index contributed by atoms with van der Waals surface area (Å²) < 4.78 is 361. The van der Waals surface area contributed by atoms with Crippen molar-refractivity contribution in [2.24, 2.45) is 0 Å². The van der Waals surface area contributed by atoms with Gasteiger partial charge in [0, 0.05) is 37.4 Å². The molecule has 0 amide bonds. The topological polar surface area (TPSA) is 16.4 Å². The highest BCUT2D eigenvalue weighted by molar-refractivity contribution is 6.12. The van der Waals surface area contributed by atoms with Gasteiger partial charge in [0.1, 0.15) is 11.2 Å². The minimum absolute atomic E-state index is 0.203. The van der Waals surface area contributed by atoms with Gasteiger partial charge in [0.25, 0.3) is 0 Å². The van der Waals surface area contributed by atoms with Crippen molar-refractivity contribution in [3.05, 3.63) is 234 Å². The number of nitrogens with zero attached hydrogens (tertiary/aromatic N) is 1. The number of furan rings is 1. The van der Waals surface area contributed by atoms with Crippen molar-refractivity contribution in [2.45, 2.75) is 12.3 Å². The zero-order chi connectivity index (χ0) is 72.5. The molecule has 0 saturated carbocycles. The number of anilines is 3. The molecule has 2 nitrogen and oxygen atoms in total. The van der Waals surface area contributed by atoms with Crippen LogP contribution in [0.4, 0.5) is 17.1 Å². The van der Waals surface area contributed by atoms with Crippen LogP contribution in [0.3, 0.4) is 0 Å². The van der Waals surface area contributed by atoms with Crippen LogP contribution in [0.5, 0.6) is 0 Å². The van der Waals surface area contributed by atoms with Gasteiger partial charge in [-0.15, -0.1) is 0 Å². The van der Waals surface area contributed by atoms with E-state index >= 15 is 0 Å². The van der Waals surface area contributed by atoms with Crippen LogP contribution < -0.4 is 4.90 Å². The van der Waals surface area contributed by atoms with Gasteiger partial charge < -0.3 is 9.32 Å². The molecule has 0 bridgehead atoms. The Kier molecular flexibility index (Phi) is 2.95. The van der Waals surface area contributed by atoms with Crippen LogP contribution in [0.15, 0.2) is 222 Å². The monoisotopic (exact) mass is 781 g/mol. The molecule has 11 rings (SSSR count). The van der Waals surface area contributed by atoms with Gasteiger partial charge in [0.15, 0.2) is 0 Å². The fraction of sp³-hybridized carbons (Fsp3) is 0.0357. The molecule has 58 heavy (non-hydrogen) atoms. The summed E-state index contributed by atoms with van der Waals surface area (Å²) in [6.45, 7) is -3.87. The van der Waals surface area contributed by atoms with Gasteiger partial charge in [-0.1, -0.05) is 169 Å². The van der Waals surface area contributed by atoms with Crippen molar-refractivity contribution in [2.75, 3.05) is 4.90 Å². The molecule has 274 valence electrons. The first-order valence-electron chi connectivity index (χ1n) is 36.3. The van der Waals surface area contributed by atoms with Crippen LogP contribution in [0.25, 0.3) is 66.4 Å². The minimum atomic E-state index is -3.87. The highest BCUT2D eigenvalue weighted by Crippen LogP contribution is 2.53. The predicted octanol–water partition coefficient (Wildman–Crippen LogP) is 15.4. The zero-order valence-electron chi connectivity index (χ0n) is 67.9. The van der Waals surface area contributed by atoms with Crippen molar-refractivity contribution in [3.63, 3.8) is 0 Å². The summed E-state index contributed by atoms with van der Waals surface area (Å²) in [5, 5.41) is -1.70. The largest absolute Gasteiger partial charge is 0.456 e. The third-order valence-corrected chi connectivity index (χ3v) is 9.08. The molecule has 0 atom stereocenters. The third-order valence-electron chi connectivity index (χ3n) is 9.08.